The standard InChI is InChI=1S/C14H13ClN2O3/c1-19-12-7-6-11(14(17-12)20-2)13(18)16-10-5-3-4-9(15)8-10/h3-8H,1-2H3,(H,16,18). The first-order chi connectivity index (χ1) is 9.63. The number of methoxy groups -OCH3 is 2. The molecule has 0 unspecified atom stereocenters. The number of carbonyl (C=O) groups excluding carboxylic acids is 1. The van der Waals surface area contributed by atoms with Gasteiger partial charge in [0.15, 0.2) is 0 Å². The van der Waals surface area contributed by atoms with E-state index in [1.165, 1.54) is 14.2 Å². The van der Waals surface area contributed by atoms with Gasteiger partial charge in [-0.05, 0) is 24.3 Å². The van der Waals surface area contributed by atoms with Crippen LogP contribution in [0, 0.1) is 0 Å². The number of benzene rings is 1. The highest BCUT2D eigenvalue weighted by molar-refractivity contribution is 6.31. The molecule has 1 N–H and O–H groups in total. The Kier molecular flexibility index (Phi) is 4.42. The lowest BCUT2D eigenvalue weighted by Crippen LogP contribution is -2.14. The molecule has 0 radical (unpaired) electrons. The number of halogens is 1. The fourth-order valence-corrected chi connectivity index (χ4v) is 1.82. The highest BCUT2D eigenvalue weighted by Gasteiger charge is 2.15. The van der Waals surface area contributed by atoms with Gasteiger partial charge in [-0.2, -0.15) is 4.98 Å². The summed E-state index contributed by atoms with van der Waals surface area (Å²) >= 11 is 5.87. The third kappa shape index (κ3) is 3.19. The van der Waals surface area contributed by atoms with Crippen molar-refractivity contribution in [3.63, 3.8) is 0 Å². The zero-order valence-corrected chi connectivity index (χ0v) is 11.8. The van der Waals surface area contributed by atoms with Crippen LogP contribution in [0.1, 0.15) is 10.4 Å². The van der Waals surface area contributed by atoms with E-state index in [4.69, 9.17) is 21.1 Å². The lowest BCUT2D eigenvalue weighted by atomic mass is 10.2. The van der Waals surface area contributed by atoms with Gasteiger partial charge in [0.25, 0.3) is 5.91 Å². The summed E-state index contributed by atoms with van der Waals surface area (Å²) in [5, 5.41) is 3.27. The molecule has 0 atom stereocenters. The molecule has 0 aliphatic rings. The van der Waals surface area contributed by atoms with E-state index < -0.39 is 0 Å². The van der Waals surface area contributed by atoms with Crippen LogP contribution in [0.15, 0.2) is 36.4 Å². The SMILES string of the molecule is COc1ccc(C(=O)Nc2cccc(Cl)c2)c(OC)n1. The van der Waals surface area contributed by atoms with Crippen molar-refractivity contribution in [2.75, 3.05) is 19.5 Å². The molecule has 0 spiro atoms. The number of aromatic nitrogens is 1. The van der Waals surface area contributed by atoms with E-state index in [0.717, 1.165) is 0 Å². The van der Waals surface area contributed by atoms with Crippen LogP contribution < -0.4 is 14.8 Å². The molecule has 1 aromatic heterocycles. The lowest BCUT2D eigenvalue weighted by Gasteiger charge is -2.09. The molecule has 2 rings (SSSR count). The summed E-state index contributed by atoms with van der Waals surface area (Å²) < 4.78 is 10.1. The second kappa shape index (κ2) is 6.25. The second-order valence-corrected chi connectivity index (χ2v) is 4.31. The molecule has 0 saturated heterocycles. The van der Waals surface area contributed by atoms with Gasteiger partial charge >= 0.3 is 0 Å². The molecule has 1 aromatic carbocycles. The van der Waals surface area contributed by atoms with Gasteiger partial charge in [-0.3, -0.25) is 4.79 Å². The molecule has 0 bridgehead atoms. The van der Waals surface area contributed by atoms with Crippen molar-refractivity contribution in [1.82, 2.24) is 4.98 Å². The Bertz CT molecular complexity index is 632. The van der Waals surface area contributed by atoms with Crippen molar-refractivity contribution in [3.8, 4) is 11.8 Å². The van der Waals surface area contributed by atoms with Crippen molar-refractivity contribution in [1.29, 1.82) is 0 Å². The van der Waals surface area contributed by atoms with Gasteiger partial charge in [-0.15, -0.1) is 0 Å². The van der Waals surface area contributed by atoms with Crippen LogP contribution in [0.25, 0.3) is 0 Å². The molecule has 104 valence electrons. The number of hydrogen-bond donors (Lipinski definition) is 1. The number of nitrogens with one attached hydrogen (secondary N) is 1. The van der Waals surface area contributed by atoms with Crippen molar-refractivity contribution < 1.29 is 14.3 Å². The van der Waals surface area contributed by atoms with Gasteiger partial charge in [0.1, 0.15) is 5.56 Å². The molecule has 0 saturated carbocycles. The molecular formula is C14H13ClN2O3. The molecule has 2 aromatic rings. The number of ether oxygens (including phenoxy) is 2. The molecular weight excluding hydrogens is 280 g/mol. The molecule has 0 aliphatic heterocycles. The van der Waals surface area contributed by atoms with Crippen molar-refractivity contribution >= 4 is 23.2 Å². The van der Waals surface area contributed by atoms with Crippen LogP contribution >= 0.6 is 11.6 Å². The second-order valence-electron chi connectivity index (χ2n) is 3.87. The first-order valence-corrected chi connectivity index (χ1v) is 6.18. The van der Waals surface area contributed by atoms with Gasteiger partial charge in [-0.1, -0.05) is 17.7 Å². The predicted molar refractivity (Wildman–Crippen MR) is 76.7 cm³/mol. The first-order valence-electron chi connectivity index (χ1n) is 5.80. The minimum absolute atomic E-state index is 0.198. The van der Waals surface area contributed by atoms with Crippen LogP contribution in [0.3, 0.4) is 0 Å². The highest BCUT2D eigenvalue weighted by atomic mass is 35.5. The summed E-state index contributed by atoms with van der Waals surface area (Å²) in [4.78, 5) is 16.2. The van der Waals surface area contributed by atoms with Crippen molar-refractivity contribution in [2.24, 2.45) is 0 Å². The van der Waals surface area contributed by atoms with Crippen molar-refractivity contribution in [2.45, 2.75) is 0 Å². The minimum atomic E-state index is -0.334. The van der Waals surface area contributed by atoms with Gasteiger partial charge in [0, 0.05) is 16.8 Å². The first kappa shape index (κ1) is 14.1. The van der Waals surface area contributed by atoms with E-state index in [1.807, 2.05) is 0 Å². The van der Waals surface area contributed by atoms with Crippen LogP contribution in [0.5, 0.6) is 11.8 Å². The van der Waals surface area contributed by atoms with E-state index in [0.29, 0.717) is 22.2 Å². The highest BCUT2D eigenvalue weighted by Crippen LogP contribution is 2.22. The Morgan fingerprint density at radius 1 is 1.20 bits per heavy atom. The van der Waals surface area contributed by atoms with Crippen LogP contribution in [0.4, 0.5) is 5.69 Å². The molecule has 0 aliphatic carbocycles. The van der Waals surface area contributed by atoms with Gasteiger partial charge in [-0.25, -0.2) is 0 Å². The van der Waals surface area contributed by atoms with Gasteiger partial charge < -0.3 is 14.8 Å². The summed E-state index contributed by atoms with van der Waals surface area (Å²) in [5.41, 5.74) is 0.911. The topological polar surface area (TPSA) is 60.5 Å². The van der Waals surface area contributed by atoms with Gasteiger partial charge in [0.05, 0.1) is 14.2 Å². The van der Waals surface area contributed by atoms with E-state index in [1.54, 1.807) is 36.4 Å². The normalized spacial score (nSPS) is 9.95. The van der Waals surface area contributed by atoms with Crippen LogP contribution in [0.2, 0.25) is 5.02 Å². The van der Waals surface area contributed by atoms with E-state index in [-0.39, 0.29) is 11.8 Å². The van der Waals surface area contributed by atoms with E-state index in [9.17, 15) is 4.79 Å². The Morgan fingerprint density at radius 2 is 2.00 bits per heavy atom. The Labute approximate surface area is 121 Å². The number of rotatable bonds is 4. The molecule has 1 heterocycles. The molecule has 5 nitrogen and oxygen atoms in total. The third-order valence-corrected chi connectivity index (χ3v) is 2.80. The third-order valence-electron chi connectivity index (χ3n) is 2.56. The maximum atomic E-state index is 12.2. The zero-order valence-electron chi connectivity index (χ0n) is 11.0. The summed E-state index contributed by atoms with van der Waals surface area (Å²) in [6, 6.07) is 10.1. The summed E-state index contributed by atoms with van der Waals surface area (Å²) in [5.74, 6) is 0.240. The number of hydrogen-bond acceptors (Lipinski definition) is 4. The Hall–Kier alpha value is -2.27. The number of nitrogens with zero attached hydrogens (tertiary/aromatic N) is 1. The molecule has 20 heavy (non-hydrogen) atoms. The number of amides is 1. The predicted octanol–water partition coefficient (Wildman–Crippen LogP) is 3.00. The average molecular weight is 293 g/mol. The minimum Gasteiger partial charge on any atom is -0.481 e. The number of carbonyl (C=O) groups is 1. The summed E-state index contributed by atoms with van der Waals surface area (Å²) in [6.45, 7) is 0. The number of pyridine rings is 1. The number of anilines is 1. The zero-order chi connectivity index (χ0) is 14.5. The summed E-state index contributed by atoms with van der Waals surface area (Å²) in [7, 11) is 2.94. The monoisotopic (exact) mass is 292 g/mol. The smallest absolute Gasteiger partial charge is 0.261 e. The maximum Gasteiger partial charge on any atom is 0.261 e. The van der Waals surface area contributed by atoms with Crippen LogP contribution in [-0.2, 0) is 0 Å². The Morgan fingerprint density at radius 3 is 2.65 bits per heavy atom. The van der Waals surface area contributed by atoms with Crippen LogP contribution in [-0.4, -0.2) is 25.1 Å². The molecule has 6 heteroatoms. The van der Waals surface area contributed by atoms with Gasteiger partial charge in [0.2, 0.25) is 11.8 Å². The van der Waals surface area contributed by atoms with E-state index in [2.05, 4.69) is 10.3 Å². The quantitative estimate of drug-likeness (QED) is 0.941. The Balaban J connectivity index is 2.25. The summed E-state index contributed by atoms with van der Waals surface area (Å²) in [6.07, 6.45) is 0. The maximum absolute atomic E-state index is 12.2. The van der Waals surface area contributed by atoms with Crippen molar-refractivity contribution in [3.05, 3.63) is 47.0 Å². The fourth-order valence-electron chi connectivity index (χ4n) is 1.63. The molecule has 1 amide bonds. The average Bonchev–Trinajstić information content (AvgIpc) is 2.46. The lowest BCUT2D eigenvalue weighted by molar-refractivity contribution is 0.102. The molecule has 0 fully saturated rings. The largest absolute Gasteiger partial charge is 0.481 e. The van der Waals surface area contributed by atoms with E-state index >= 15 is 0 Å². The fraction of sp³-hybridized carbons (Fsp3) is 0.143.